The van der Waals surface area contributed by atoms with E-state index in [-0.39, 0.29) is 24.4 Å². The molecular weight excluding hydrogens is 264 g/mol. The molecule has 2 atom stereocenters. The van der Waals surface area contributed by atoms with E-state index in [0.717, 1.165) is 12.0 Å². The SMILES string of the molecule is CCC(CNC(=O)NC(C)c1ccsc1)CC(=O)O. The van der Waals surface area contributed by atoms with Crippen molar-refractivity contribution in [2.75, 3.05) is 6.54 Å². The van der Waals surface area contributed by atoms with Gasteiger partial charge in [0.2, 0.25) is 0 Å². The molecule has 1 aromatic heterocycles. The Bertz CT molecular complexity index is 406. The monoisotopic (exact) mass is 284 g/mol. The third kappa shape index (κ3) is 5.74. The minimum atomic E-state index is -0.833. The lowest BCUT2D eigenvalue weighted by molar-refractivity contribution is -0.138. The van der Waals surface area contributed by atoms with Gasteiger partial charge in [-0.3, -0.25) is 4.79 Å². The lowest BCUT2D eigenvalue weighted by Gasteiger charge is -2.16. The molecule has 0 radical (unpaired) electrons. The lowest BCUT2D eigenvalue weighted by Crippen LogP contribution is -2.39. The van der Waals surface area contributed by atoms with Gasteiger partial charge in [0.15, 0.2) is 0 Å². The number of carboxylic acid groups (broad SMARTS) is 1. The van der Waals surface area contributed by atoms with Gasteiger partial charge >= 0.3 is 12.0 Å². The van der Waals surface area contributed by atoms with Crippen LogP contribution in [0.3, 0.4) is 0 Å². The van der Waals surface area contributed by atoms with E-state index in [9.17, 15) is 9.59 Å². The molecule has 0 saturated carbocycles. The Morgan fingerprint density at radius 3 is 2.74 bits per heavy atom. The molecule has 0 saturated heterocycles. The number of aliphatic carboxylic acids is 1. The highest BCUT2D eigenvalue weighted by molar-refractivity contribution is 7.07. The fraction of sp³-hybridized carbons (Fsp3) is 0.538. The van der Waals surface area contributed by atoms with Crippen molar-refractivity contribution in [3.63, 3.8) is 0 Å². The molecule has 0 aliphatic heterocycles. The largest absolute Gasteiger partial charge is 0.481 e. The topological polar surface area (TPSA) is 78.4 Å². The van der Waals surface area contributed by atoms with Gasteiger partial charge < -0.3 is 15.7 Å². The van der Waals surface area contributed by atoms with Crippen molar-refractivity contribution in [1.82, 2.24) is 10.6 Å². The molecule has 3 N–H and O–H groups in total. The maximum Gasteiger partial charge on any atom is 0.315 e. The Labute approximate surface area is 117 Å². The van der Waals surface area contributed by atoms with E-state index in [1.165, 1.54) is 0 Å². The van der Waals surface area contributed by atoms with Crippen molar-refractivity contribution in [3.05, 3.63) is 22.4 Å². The summed E-state index contributed by atoms with van der Waals surface area (Å²) in [5.74, 6) is -0.861. The number of carbonyl (C=O) groups is 2. The van der Waals surface area contributed by atoms with Crippen molar-refractivity contribution < 1.29 is 14.7 Å². The van der Waals surface area contributed by atoms with Crippen LogP contribution < -0.4 is 10.6 Å². The molecule has 5 nitrogen and oxygen atoms in total. The summed E-state index contributed by atoms with van der Waals surface area (Å²) in [6.45, 7) is 4.21. The molecule has 2 unspecified atom stereocenters. The number of hydrogen-bond acceptors (Lipinski definition) is 3. The van der Waals surface area contributed by atoms with E-state index in [2.05, 4.69) is 10.6 Å². The van der Waals surface area contributed by atoms with E-state index in [4.69, 9.17) is 5.11 Å². The predicted molar refractivity (Wildman–Crippen MR) is 75.3 cm³/mol. The Hall–Kier alpha value is -1.56. The van der Waals surface area contributed by atoms with Crippen molar-refractivity contribution in [2.45, 2.75) is 32.7 Å². The van der Waals surface area contributed by atoms with Gasteiger partial charge in [0.05, 0.1) is 6.04 Å². The Morgan fingerprint density at radius 2 is 2.21 bits per heavy atom. The van der Waals surface area contributed by atoms with E-state index in [1.54, 1.807) is 11.3 Å². The quantitative estimate of drug-likeness (QED) is 0.720. The second-order valence-electron chi connectivity index (χ2n) is 4.50. The van der Waals surface area contributed by atoms with Gasteiger partial charge in [-0.2, -0.15) is 11.3 Å². The summed E-state index contributed by atoms with van der Waals surface area (Å²) in [7, 11) is 0. The zero-order valence-electron chi connectivity index (χ0n) is 11.2. The number of urea groups is 1. The van der Waals surface area contributed by atoms with Crippen LogP contribution in [0.15, 0.2) is 16.8 Å². The van der Waals surface area contributed by atoms with Crippen LogP contribution in [0.2, 0.25) is 0 Å². The summed E-state index contributed by atoms with van der Waals surface area (Å²) in [6.07, 6.45) is 0.809. The van der Waals surface area contributed by atoms with Crippen molar-refractivity contribution >= 4 is 23.3 Å². The van der Waals surface area contributed by atoms with E-state index < -0.39 is 5.97 Å². The van der Waals surface area contributed by atoms with Gasteiger partial charge in [0, 0.05) is 13.0 Å². The molecule has 0 aliphatic carbocycles. The Morgan fingerprint density at radius 1 is 1.47 bits per heavy atom. The van der Waals surface area contributed by atoms with Crippen LogP contribution in [-0.2, 0) is 4.79 Å². The number of nitrogens with one attached hydrogen (secondary N) is 2. The fourth-order valence-electron chi connectivity index (χ4n) is 1.70. The minimum Gasteiger partial charge on any atom is -0.481 e. The molecule has 0 aliphatic rings. The van der Waals surface area contributed by atoms with Gasteiger partial charge in [0.1, 0.15) is 0 Å². The zero-order valence-corrected chi connectivity index (χ0v) is 12.0. The van der Waals surface area contributed by atoms with E-state index in [1.807, 2.05) is 30.7 Å². The fourth-order valence-corrected chi connectivity index (χ4v) is 2.45. The molecule has 2 amide bonds. The number of thiophene rings is 1. The minimum absolute atomic E-state index is 0.0281. The summed E-state index contributed by atoms with van der Waals surface area (Å²) >= 11 is 1.59. The maximum absolute atomic E-state index is 11.7. The third-order valence-electron chi connectivity index (χ3n) is 2.98. The molecule has 0 bridgehead atoms. The predicted octanol–water partition coefficient (Wildman–Crippen LogP) is 2.61. The molecular formula is C13H20N2O3S. The van der Waals surface area contributed by atoms with Crippen LogP contribution in [0, 0.1) is 5.92 Å². The standard InChI is InChI=1S/C13H20N2O3S/c1-3-10(6-12(16)17)7-14-13(18)15-9(2)11-4-5-19-8-11/h4-5,8-10H,3,6-7H2,1-2H3,(H,16,17)(H2,14,15,18). The van der Waals surface area contributed by atoms with Gasteiger partial charge in [0.25, 0.3) is 0 Å². The molecule has 6 heteroatoms. The van der Waals surface area contributed by atoms with Crippen molar-refractivity contribution in [1.29, 1.82) is 0 Å². The van der Waals surface area contributed by atoms with Crippen LogP contribution in [0.4, 0.5) is 4.79 Å². The average molecular weight is 284 g/mol. The van der Waals surface area contributed by atoms with Crippen LogP contribution in [0.25, 0.3) is 0 Å². The van der Waals surface area contributed by atoms with E-state index >= 15 is 0 Å². The first kappa shape index (κ1) is 15.5. The molecule has 0 aromatic carbocycles. The number of hydrogen-bond donors (Lipinski definition) is 3. The zero-order chi connectivity index (χ0) is 14.3. The molecule has 1 heterocycles. The Kier molecular flexibility index (Phi) is 6.35. The first-order valence-corrected chi connectivity index (χ1v) is 7.25. The molecule has 0 fully saturated rings. The first-order chi connectivity index (χ1) is 9.02. The third-order valence-corrected chi connectivity index (χ3v) is 3.68. The maximum atomic E-state index is 11.7. The molecule has 1 rings (SSSR count). The molecule has 1 aromatic rings. The molecule has 106 valence electrons. The Balaban J connectivity index is 2.32. The van der Waals surface area contributed by atoms with Gasteiger partial charge in [-0.05, 0) is 35.2 Å². The second kappa shape index (κ2) is 7.78. The summed E-state index contributed by atoms with van der Waals surface area (Å²) in [5, 5.41) is 18.2. The van der Waals surface area contributed by atoms with Crippen LogP contribution in [-0.4, -0.2) is 23.7 Å². The summed E-state index contributed by atoms with van der Waals surface area (Å²) < 4.78 is 0. The number of carbonyl (C=O) groups excluding carboxylic acids is 1. The second-order valence-corrected chi connectivity index (χ2v) is 5.28. The van der Waals surface area contributed by atoms with E-state index in [0.29, 0.717) is 6.54 Å². The van der Waals surface area contributed by atoms with Gasteiger partial charge in [-0.1, -0.05) is 13.3 Å². The normalized spacial score (nSPS) is 13.6. The number of amides is 2. The number of carboxylic acids is 1. The lowest BCUT2D eigenvalue weighted by atomic mass is 10.0. The van der Waals surface area contributed by atoms with Crippen LogP contribution in [0.1, 0.15) is 38.3 Å². The highest BCUT2D eigenvalue weighted by Gasteiger charge is 2.14. The smallest absolute Gasteiger partial charge is 0.315 e. The van der Waals surface area contributed by atoms with Gasteiger partial charge in [-0.25, -0.2) is 4.79 Å². The highest BCUT2D eigenvalue weighted by atomic mass is 32.1. The summed E-state index contributed by atoms with van der Waals surface area (Å²) in [4.78, 5) is 22.3. The summed E-state index contributed by atoms with van der Waals surface area (Å²) in [5.41, 5.74) is 1.07. The van der Waals surface area contributed by atoms with Crippen LogP contribution >= 0.6 is 11.3 Å². The first-order valence-electron chi connectivity index (χ1n) is 6.31. The average Bonchev–Trinajstić information content (AvgIpc) is 2.87. The number of rotatable bonds is 7. The van der Waals surface area contributed by atoms with Crippen molar-refractivity contribution in [3.8, 4) is 0 Å². The van der Waals surface area contributed by atoms with Crippen LogP contribution in [0.5, 0.6) is 0 Å². The molecule has 19 heavy (non-hydrogen) atoms. The van der Waals surface area contributed by atoms with Crippen molar-refractivity contribution in [2.24, 2.45) is 5.92 Å². The highest BCUT2D eigenvalue weighted by Crippen LogP contribution is 2.15. The summed E-state index contributed by atoms with van der Waals surface area (Å²) in [6, 6.07) is 1.66. The van der Waals surface area contributed by atoms with Gasteiger partial charge in [-0.15, -0.1) is 0 Å². The molecule has 0 spiro atoms.